The first-order valence-corrected chi connectivity index (χ1v) is 5.78. The maximum absolute atomic E-state index is 10.1. The van der Waals surface area contributed by atoms with Crippen molar-refractivity contribution in [2.24, 2.45) is 4.40 Å². The Labute approximate surface area is 109 Å². The highest BCUT2D eigenvalue weighted by Gasteiger charge is 2.01. The molecule has 0 radical (unpaired) electrons. The third-order valence-electron chi connectivity index (χ3n) is 1.41. The van der Waals surface area contributed by atoms with Crippen LogP contribution in [0.1, 0.15) is 0 Å². The van der Waals surface area contributed by atoms with Gasteiger partial charge in [0, 0.05) is 6.08 Å². The zero-order valence-corrected chi connectivity index (χ0v) is 10.3. The molecule has 18 heavy (non-hydrogen) atoms. The van der Waals surface area contributed by atoms with Crippen molar-refractivity contribution in [1.29, 1.82) is 0 Å². The molecular weight excluding hydrogens is 254 g/mol. The van der Waals surface area contributed by atoms with E-state index in [1.165, 1.54) is 18.2 Å². The molecule has 0 atom stereocenters. The minimum Gasteiger partial charge on any atom is -0.508 e. The summed E-state index contributed by atoms with van der Waals surface area (Å²) in [7, 11) is 0. The molecule has 1 aromatic rings. The first-order chi connectivity index (χ1) is 8.56. The van der Waals surface area contributed by atoms with E-state index in [9.17, 15) is 9.59 Å². The monoisotopic (exact) mass is 267 g/mol. The van der Waals surface area contributed by atoms with Gasteiger partial charge in [-0.25, -0.2) is 9.19 Å². The van der Waals surface area contributed by atoms with Crippen molar-refractivity contribution >= 4 is 29.9 Å². The molecule has 0 bridgehead atoms. The molecule has 1 aliphatic heterocycles. The second-order valence-electron chi connectivity index (χ2n) is 2.85. The fourth-order valence-electron chi connectivity index (χ4n) is 0.662. The van der Waals surface area contributed by atoms with Crippen LogP contribution in [-0.4, -0.2) is 33.9 Å². The van der Waals surface area contributed by atoms with E-state index in [0.29, 0.717) is 11.5 Å². The molecule has 1 aliphatic rings. The summed E-state index contributed by atoms with van der Waals surface area (Å²) in [4.78, 5) is 19.3. The number of aromatic hydroxyl groups is 1. The van der Waals surface area contributed by atoms with Crippen LogP contribution in [0.25, 0.3) is 0 Å². The largest absolute Gasteiger partial charge is 0.508 e. The Morgan fingerprint density at radius 1 is 1.39 bits per heavy atom. The number of benzene rings is 1. The normalized spacial score (nSPS) is 11.7. The van der Waals surface area contributed by atoms with E-state index in [4.69, 9.17) is 10.2 Å². The molecule has 1 aromatic carbocycles. The number of hydrogen-bond acceptors (Lipinski definition) is 5. The van der Waals surface area contributed by atoms with Crippen LogP contribution in [0.3, 0.4) is 0 Å². The summed E-state index contributed by atoms with van der Waals surface area (Å²) in [5.41, 5.74) is 0. The molecule has 0 fully saturated rings. The predicted octanol–water partition coefficient (Wildman–Crippen LogP) is 1.94. The van der Waals surface area contributed by atoms with Crippen LogP contribution in [-0.2, 0) is 9.59 Å². The van der Waals surface area contributed by atoms with E-state index < -0.39 is 5.97 Å². The van der Waals surface area contributed by atoms with E-state index in [-0.39, 0.29) is 5.78 Å². The van der Waals surface area contributed by atoms with Gasteiger partial charge in [0.25, 0.3) is 0 Å². The average Bonchev–Trinajstić information content (AvgIpc) is 2.83. The number of carboxylic acids is 1. The summed E-state index contributed by atoms with van der Waals surface area (Å²) in [5.74, 6) is 0.00694. The Balaban J connectivity index is 0.000000245. The minimum absolute atomic E-state index is 0.125. The lowest BCUT2D eigenvalue weighted by Crippen LogP contribution is -1.93. The molecule has 6 heteroatoms. The van der Waals surface area contributed by atoms with Gasteiger partial charge in [-0.1, -0.05) is 24.8 Å². The molecule has 96 valence electrons. The number of para-hydroxylation sites is 1. The smallest absolute Gasteiger partial charge is 0.327 e. The highest BCUT2D eigenvalue weighted by Crippen LogP contribution is 2.05. The van der Waals surface area contributed by atoms with Gasteiger partial charge in [-0.2, -0.15) is 0 Å². The molecule has 2 N–H and O–H groups in total. The Kier molecular flexibility index (Phi) is 8.93. The number of rotatable bonds is 1. The topological polar surface area (TPSA) is 87.0 Å². The van der Waals surface area contributed by atoms with Gasteiger partial charge in [-0.3, -0.25) is 4.79 Å². The molecule has 2 rings (SSSR count). The first-order valence-electron chi connectivity index (χ1n) is 4.83. The zero-order chi connectivity index (χ0) is 13.8. The fourth-order valence-corrected chi connectivity index (χ4v) is 1.13. The number of ketones is 1. The van der Waals surface area contributed by atoms with Gasteiger partial charge in [0.2, 0.25) is 0 Å². The maximum Gasteiger partial charge on any atom is 0.327 e. The maximum atomic E-state index is 10.1. The van der Waals surface area contributed by atoms with Crippen molar-refractivity contribution < 1.29 is 19.8 Å². The second kappa shape index (κ2) is 10.1. The minimum atomic E-state index is -0.981. The van der Waals surface area contributed by atoms with Gasteiger partial charge in [0.1, 0.15) is 5.75 Å². The van der Waals surface area contributed by atoms with Gasteiger partial charge in [-0.15, -0.1) is 0 Å². The lowest BCUT2D eigenvalue weighted by Gasteiger charge is -1.82. The number of phenols is 1. The number of carboxylic acid groups (broad SMARTS) is 1. The van der Waals surface area contributed by atoms with E-state index in [0.717, 1.165) is 6.08 Å². The molecule has 0 saturated heterocycles. The number of hydrogen-bond donors (Lipinski definition) is 2. The van der Waals surface area contributed by atoms with Gasteiger partial charge in [-0.05, 0) is 24.1 Å². The fraction of sp³-hybridized carbons (Fsp3) is 0.0833. The molecular formula is C12H13NO4S. The quantitative estimate of drug-likeness (QED) is 0.599. The summed E-state index contributed by atoms with van der Waals surface area (Å²) in [6, 6.07) is 8.71. The SMILES string of the molecule is C=CC(=O)O.O=C1C=NSC1.Oc1ccccc1. The van der Waals surface area contributed by atoms with E-state index in [1.807, 2.05) is 6.07 Å². The molecule has 0 aromatic heterocycles. The molecule has 5 nitrogen and oxygen atoms in total. The van der Waals surface area contributed by atoms with E-state index in [1.54, 1.807) is 24.3 Å². The summed E-state index contributed by atoms with van der Waals surface area (Å²) >= 11 is 1.30. The Morgan fingerprint density at radius 2 is 1.94 bits per heavy atom. The summed E-state index contributed by atoms with van der Waals surface area (Å²) in [6.07, 6.45) is 2.19. The number of carbonyl (C=O) groups is 2. The molecule has 0 amide bonds. The van der Waals surface area contributed by atoms with Crippen LogP contribution in [0.4, 0.5) is 0 Å². The number of Topliss-reactive ketones (excluding diaryl/α,β-unsaturated/α-hetero) is 1. The van der Waals surface area contributed by atoms with Crippen molar-refractivity contribution in [3.8, 4) is 5.75 Å². The third-order valence-corrected chi connectivity index (χ3v) is 2.08. The highest BCUT2D eigenvalue weighted by molar-refractivity contribution is 7.99. The Hall–Kier alpha value is -2.08. The summed E-state index contributed by atoms with van der Waals surface area (Å²) in [6.45, 7) is 2.96. The molecule has 1 heterocycles. The van der Waals surface area contributed by atoms with Crippen LogP contribution in [0.15, 0.2) is 47.4 Å². The van der Waals surface area contributed by atoms with Crippen molar-refractivity contribution in [3.05, 3.63) is 43.0 Å². The van der Waals surface area contributed by atoms with Crippen molar-refractivity contribution in [1.82, 2.24) is 0 Å². The Morgan fingerprint density at radius 3 is 2.11 bits per heavy atom. The summed E-state index contributed by atoms with van der Waals surface area (Å²) in [5, 5.41) is 16.2. The predicted molar refractivity (Wildman–Crippen MR) is 71.9 cm³/mol. The van der Waals surface area contributed by atoms with Gasteiger partial charge < -0.3 is 10.2 Å². The molecule has 0 unspecified atom stereocenters. The molecule has 0 saturated carbocycles. The van der Waals surface area contributed by atoms with Gasteiger partial charge >= 0.3 is 5.97 Å². The summed E-state index contributed by atoms with van der Waals surface area (Å²) < 4.78 is 3.61. The standard InChI is InChI=1S/C6H6O.C3H3NOS.C3H4O2/c7-6-4-2-1-3-5-6;5-3-1-4-6-2-3;1-2-3(4)5/h1-5,7H;1H,2H2;2H,1H2,(H,4,5). The van der Waals surface area contributed by atoms with Crippen molar-refractivity contribution in [2.45, 2.75) is 0 Å². The van der Waals surface area contributed by atoms with Gasteiger partial charge in [0.05, 0.1) is 12.0 Å². The number of nitrogens with zero attached hydrogens (tertiary/aromatic N) is 1. The van der Waals surface area contributed by atoms with Crippen LogP contribution in [0.2, 0.25) is 0 Å². The van der Waals surface area contributed by atoms with Gasteiger partial charge in [0.15, 0.2) is 5.78 Å². The van der Waals surface area contributed by atoms with Crippen molar-refractivity contribution in [3.63, 3.8) is 0 Å². The van der Waals surface area contributed by atoms with Crippen LogP contribution < -0.4 is 0 Å². The lowest BCUT2D eigenvalue weighted by atomic mass is 10.3. The van der Waals surface area contributed by atoms with Crippen LogP contribution in [0.5, 0.6) is 5.75 Å². The third kappa shape index (κ3) is 10.4. The first kappa shape index (κ1) is 15.9. The van der Waals surface area contributed by atoms with E-state index in [2.05, 4.69) is 11.0 Å². The number of carbonyl (C=O) groups excluding carboxylic acids is 1. The molecule has 0 spiro atoms. The van der Waals surface area contributed by atoms with Crippen LogP contribution >= 0.6 is 11.9 Å². The molecule has 0 aliphatic carbocycles. The Bertz CT molecular complexity index is 417. The highest BCUT2D eigenvalue weighted by atomic mass is 32.2. The van der Waals surface area contributed by atoms with E-state index >= 15 is 0 Å². The van der Waals surface area contributed by atoms with Crippen LogP contribution in [0, 0.1) is 0 Å². The van der Waals surface area contributed by atoms with Crippen molar-refractivity contribution in [2.75, 3.05) is 5.75 Å². The lowest BCUT2D eigenvalue weighted by molar-refractivity contribution is -0.131. The number of aliphatic carboxylic acids is 1. The average molecular weight is 267 g/mol. The zero-order valence-electron chi connectivity index (χ0n) is 9.52. The number of phenolic OH excluding ortho intramolecular Hbond substituents is 1. The second-order valence-corrected chi connectivity index (χ2v) is 3.61.